The number of benzene rings is 1. The van der Waals surface area contributed by atoms with Crippen LogP contribution in [-0.2, 0) is 4.79 Å². The zero-order chi connectivity index (χ0) is 15.8. The molecule has 1 rings (SSSR count). The second-order valence-electron chi connectivity index (χ2n) is 5.18. The van der Waals surface area contributed by atoms with Crippen molar-refractivity contribution in [2.75, 3.05) is 5.32 Å². The van der Waals surface area contributed by atoms with E-state index in [0.29, 0.717) is 6.42 Å². The molecule has 0 saturated heterocycles. The van der Waals surface area contributed by atoms with E-state index in [1.54, 1.807) is 6.92 Å². The zero-order valence-electron chi connectivity index (χ0n) is 12.2. The van der Waals surface area contributed by atoms with Gasteiger partial charge in [-0.1, -0.05) is 19.4 Å². The van der Waals surface area contributed by atoms with E-state index in [2.05, 4.69) is 33.2 Å². The maximum Gasteiger partial charge on any atom is 0.319 e. The first kappa shape index (κ1) is 17.7. The molecule has 2 atom stereocenters. The molecular formula is C15H21IN2O3. The minimum atomic E-state index is -0.771. The van der Waals surface area contributed by atoms with Gasteiger partial charge in [-0.3, -0.25) is 4.79 Å². The average Bonchev–Trinajstić information content (AvgIpc) is 2.37. The Labute approximate surface area is 138 Å². The molecule has 0 heterocycles. The van der Waals surface area contributed by atoms with E-state index < -0.39 is 5.97 Å². The number of rotatable bonds is 7. The van der Waals surface area contributed by atoms with E-state index in [4.69, 9.17) is 5.11 Å². The summed E-state index contributed by atoms with van der Waals surface area (Å²) in [6.45, 7) is 3.62. The van der Waals surface area contributed by atoms with E-state index >= 15 is 0 Å². The van der Waals surface area contributed by atoms with Crippen molar-refractivity contribution in [2.45, 2.75) is 39.2 Å². The number of carbonyl (C=O) groups excluding carboxylic acids is 1. The number of amides is 2. The van der Waals surface area contributed by atoms with Crippen LogP contribution in [0.1, 0.15) is 33.1 Å². The van der Waals surface area contributed by atoms with Crippen LogP contribution in [0.5, 0.6) is 0 Å². The summed E-state index contributed by atoms with van der Waals surface area (Å²) in [7, 11) is 0. The lowest BCUT2D eigenvalue weighted by atomic mass is 10.0. The molecule has 2 unspecified atom stereocenters. The fraction of sp³-hybridized carbons (Fsp3) is 0.467. The van der Waals surface area contributed by atoms with Crippen molar-refractivity contribution in [3.63, 3.8) is 0 Å². The molecule has 0 spiro atoms. The Morgan fingerprint density at radius 3 is 2.62 bits per heavy atom. The molecule has 21 heavy (non-hydrogen) atoms. The van der Waals surface area contributed by atoms with Gasteiger partial charge in [0, 0.05) is 15.3 Å². The highest BCUT2D eigenvalue weighted by Gasteiger charge is 2.12. The van der Waals surface area contributed by atoms with Crippen molar-refractivity contribution < 1.29 is 14.7 Å². The summed E-state index contributed by atoms with van der Waals surface area (Å²) >= 11 is 2.19. The van der Waals surface area contributed by atoms with E-state index in [1.165, 1.54) is 0 Å². The summed E-state index contributed by atoms with van der Waals surface area (Å²) in [5.74, 6) is -1.11. The zero-order valence-corrected chi connectivity index (χ0v) is 14.4. The third-order valence-corrected chi connectivity index (χ3v) is 3.83. The second kappa shape index (κ2) is 8.86. The molecular weight excluding hydrogens is 383 g/mol. The van der Waals surface area contributed by atoms with Crippen molar-refractivity contribution in [3.8, 4) is 0 Å². The van der Waals surface area contributed by atoms with Crippen LogP contribution in [0.3, 0.4) is 0 Å². The number of aliphatic carboxylic acids is 1. The number of nitrogens with one attached hydrogen (secondary N) is 2. The lowest BCUT2D eigenvalue weighted by Gasteiger charge is -2.15. The van der Waals surface area contributed by atoms with Gasteiger partial charge in [0.15, 0.2) is 0 Å². The summed E-state index contributed by atoms with van der Waals surface area (Å²) in [5.41, 5.74) is 0.756. The van der Waals surface area contributed by atoms with Gasteiger partial charge in [-0.25, -0.2) is 4.79 Å². The van der Waals surface area contributed by atoms with Gasteiger partial charge in [-0.2, -0.15) is 0 Å². The lowest BCUT2D eigenvalue weighted by Crippen LogP contribution is -2.36. The van der Waals surface area contributed by atoms with Gasteiger partial charge in [0.05, 0.1) is 5.92 Å². The van der Waals surface area contributed by atoms with E-state index in [1.807, 2.05) is 31.2 Å². The normalized spacial score (nSPS) is 13.3. The monoisotopic (exact) mass is 404 g/mol. The van der Waals surface area contributed by atoms with Crippen molar-refractivity contribution in [2.24, 2.45) is 5.92 Å². The fourth-order valence-electron chi connectivity index (χ4n) is 1.88. The van der Waals surface area contributed by atoms with Gasteiger partial charge in [-0.15, -0.1) is 0 Å². The summed E-state index contributed by atoms with van der Waals surface area (Å²) in [6, 6.07) is 7.33. The molecule has 116 valence electrons. The maximum atomic E-state index is 11.8. The van der Waals surface area contributed by atoms with Gasteiger partial charge >= 0.3 is 12.0 Å². The Bertz CT molecular complexity index is 494. The predicted molar refractivity (Wildman–Crippen MR) is 91.4 cm³/mol. The number of carboxylic acid groups (broad SMARTS) is 1. The van der Waals surface area contributed by atoms with Crippen molar-refractivity contribution in [3.05, 3.63) is 27.8 Å². The summed E-state index contributed by atoms with van der Waals surface area (Å²) < 4.78 is 1.06. The standard InChI is InChI=1S/C15H21IN2O3/c1-10(14(19)20)5-3-6-11(2)17-15(21)18-13-8-4-7-12(16)9-13/h4,7-11H,3,5-6H2,1-2H3,(H,19,20)(H2,17,18,21). The third-order valence-electron chi connectivity index (χ3n) is 3.16. The number of urea groups is 1. The highest BCUT2D eigenvalue weighted by atomic mass is 127. The van der Waals surface area contributed by atoms with Crippen LogP contribution in [0.4, 0.5) is 10.5 Å². The van der Waals surface area contributed by atoms with Gasteiger partial charge in [-0.05, 0) is 60.6 Å². The first-order valence-corrected chi connectivity index (χ1v) is 8.02. The van der Waals surface area contributed by atoms with Crippen LogP contribution in [-0.4, -0.2) is 23.1 Å². The number of anilines is 1. The highest BCUT2D eigenvalue weighted by Crippen LogP contribution is 2.13. The quantitative estimate of drug-likeness (QED) is 0.607. The Morgan fingerprint density at radius 2 is 2.00 bits per heavy atom. The minimum absolute atomic E-state index is 0.00813. The van der Waals surface area contributed by atoms with Gasteiger partial charge in [0.25, 0.3) is 0 Å². The Balaban J connectivity index is 2.29. The summed E-state index contributed by atoms with van der Waals surface area (Å²) in [5, 5.41) is 14.4. The molecule has 5 nitrogen and oxygen atoms in total. The average molecular weight is 404 g/mol. The number of hydrogen-bond acceptors (Lipinski definition) is 2. The van der Waals surface area contributed by atoms with Crippen LogP contribution in [0.15, 0.2) is 24.3 Å². The van der Waals surface area contributed by atoms with Crippen LogP contribution >= 0.6 is 22.6 Å². The molecule has 3 N–H and O–H groups in total. The maximum absolute atomic E-state index is 11.8. The van der Waals surface area contributed by atoms with Gasteiger partial charge in [0.1, 0.15) is 0 Å². The largest absolute Gasteiger partial charge is 0.481 e. The Morgan fingerprint density at radius 1 is 1.29 bits per heavy atom. The van der Waals surface area contributed by atoms with Crippen molar-refractivity contribution in [1.29, 1.82) is 0 Å². The molecule has 0 aliphatic rings. The van der Waals surface area contributed by atoms with Crippen molar-refractivity contribution >= 4 is 40.3 Å². The second-order valence-corrected chi connectivity index (χ2v) is 6.43. The van der Waals surface area contributed by atoms with Gasteiger partial charge < -0.3 is 15.7 Å². The number of hydrogen-bond donors (Lipinski definition) is 3. The molecule has 0 fully saturated rings. The van der Waals surface area contributed by atoms with E-state index in [0.717, 1.165) is 22.1 Å². The van der Waals surface area contributed by atoms with Crippen LogP contribution in [0.25, 0.3) is 0 Å². The number of halogens is 1. The molecule has 0 aliphatic heterocycles. The molecule has 0 aromatic heterocycles. The third kappa shape index (κ3) is 7.31. The molecule has 1 aromatic rings. The molecule has 0 aliphatic carbocycles. The fourth-order valence-corrected chi connectivity index (χ4v) is 2.43. The number of carboxylic acids is 1. The first-order valence-electron chi connectivity index (χ1n) is 6.94. The Kier molecular flexibility index (Phi) is 7.49. The van der Waals surface area contributed by atoms with Crippen LogP contribution < -0.4 is 10.6 Å². The molecule has 0 saturated carbocycles. The summed E-state index contributed by atoms with van der Waals surface area (Å²) in [6.07, 6.45) is 2.16. The molecule has 6 heteroatoms. The molecule has 0 radical (unpaired) electrons. The highest BCUT2D eigenvalue weighted by molar-refractivity contribution is 14.1. The topological polar surface area (TPSA) is 78.4 Å². The SMILES string of the molecule is CC(CCCC(C)C(=O)O)NC(=O)Nc1cccc(I)c1. The molecule has 0 bridgehead atoms. The van der Waals surface area contributed by atoms with Crippen LogP contribution in [0, 0.1) is 9.49 Å². The minimum Gasteiger partial charge on any atom is -0.481 e. The smallest absolute Gasteiger partial charge is 0.319 e. The van der Waals surface area contributed by atoms with Crippen molar-refractivity contribution in [1.82, 2.24) is 5.32 Å². The molecule has 1 aromatic carbocycles. The Hall–Kier alpha value is -1.31. The number of carbonyl (C=O) groups is 2. The van der Waals surface area contributed by atoms with Crippen LogP contribution in [0.2, 0.25) is 0 Å². The van der Waals surface area contributed by atoms with E-state index in [9.17, 15) is 9.59 Å². The predicted octanol–water partition coefficient (Wildman–Crippen LogP) is 3.69. The van der Waals surface area contributed by atoms with Gasteiger partial charge in [0.2, 0.25) is 0 Å². The first-order chi connectivity index (χ1) is 9.88. The molecule has 2 amide bonds. The van der Waals surface area contributed by atoms with E-state index in [-0.39, 0.29) is 18.0 Å². The summed E-state index contributed by atoms with van der Waals surface area (Å²) in [4.78, 5) is 22.5. The lowest BCUT2D eigenvalue weighted by molar-refractivity contribution is -0.141.